The fourth-order valence-corrected chi connectivity index (χ4v) is 3.68. The molecule has 0 aromatic heterocycles. The van der Waals surface area contributed by atoms with Crippen molar-refractivity contribution in [1.29, 1.82) is 0 Å². The summed E-state index contributed by atoms with van der Waals surface area (Å²) in [4.78, 5) is 25.6. The van der Waals surface area contributed by atoms with Crippen LogP contribution in [0.3, 0.4) is 0 Å². The van der Waals surface area contributed by atoms with Crippen LogP contribution in [0.5, 0.6) is 0 Å². The molecule has 1 aromatic rings. The standard InChI is InChI=1S/C20H30N3O2.V/c1-20(2,3)16-9-11-17(12-10-16)23(19(21)25)13-14-5-7-15(8-6-14)18(24)22-4;/h5-8,16-17H,4,9-13H2,1-3H3,(H2,21,25)(H,22,24);/q-1;/i/hD. The van der Waals surface area contributed by atoms with Gasteiger partial charge in [0.15, 0.2) is 1.41 Å². The first-order valence-electron chi connectivity index (χ1n) is 9.41. The molecule has 0 heterocycles. The number of nitrogens with one attached hydrogen (secondary N) is 1. The van der Waals surface area contributed by atoms with Crippen molar-refractivity contribution in [2.75, 3.05) is 0 Å². The molecule has 1 radical (unpaired) electrons. The maximum atomic E-state index is 12.3. The number of carbonyl (C=O) groups excluding carboxylic acids is 2. The van der Waals surface area contributed by atoms with Crippen molar-refractivity contribution >= 4 is 11.9 Å². The zero-order chi connectivity index (χ0) is 19.3. The predicted molar refractivity (Wildman–Crippen MR) is 99.6 cm³/mol. The van der Waals surface area contributed by atoms with Gasteiger partial charge < -0.3 is 15.9 Å². The molecule has 0 bridgehead atoms. The summed E-state index contributed by atoms with van der Waals surface area (Å²) in [5.41, 5.74) is 3.79. The largest absolute Gasteiger partial charge is 0.504 e. The van der Waals surface area contributed by atoms with Crippen molar-refractivity contribution in [3.8, 4) is 0 Å². The second-order valence-corrected chi connectivity index (χ2v) is 8.01. The number of nitrogens with two attached hydrogens (primary N) is 1. The monoisotopic (exact) mass is 396 g/mol. The van der Waals surface area contributed by atoms with E-state index < -0.39 is 0 Å². The van der Waals surface area contributed by atoms with E-state index in [0.717, 1.165) is 31.2 Å². The molecule has 3 N–H and O–H groups in total. The van der Waals surface area contributed by atoms with Crippen molar-refractivity contribution in [3.63, 3.8) is 0 Å². The molecule has 143 valence electrons. The van der Waals surface area contributed by atoms with Crippen LogP contribution in [-0.2, 0) is 25.1 Å². The third-order valence-electron chi connectivity index (χ3n) is 5.35. The molecule has 0 saturated heterocycles. The SMILES string of the molecule is [2H]NC(=O)N(Cc1ccc(C(=O)N[CH2-])cc1)C1CCC(C(C)(C)C)CC1.[V]. The number of hydrogen-bond acceptors (Lipinski definition) is 2. The van der Waals surface area contributed by atoms with E-state index in [1.807, 2.05) is 17.9 Å². The number of primary amides is 1. The molecule has 5 nitrogen and oxygen atoms in total. The van der Waals surface area contributed by atoms with Gasteiger partial charge >= 0.3 is 6.03 Å². The summed E-state index contributed by atoms with van der Waals surface area (Å²) in [7, 11) is 3.37. The Kier molecular flexibility index (Phi) is 7.60. The molecule has 1 fully saturated rings. The average molecular weight is 396 g/mol. The third-order valence-corrected chi connectivity index (χ3v) is 5.35. The van der Waals surface area contributed by atoms with Crippen molar-refractivity contribution in [1.82, 2.24) is 10.2 Å². The Bertz CT molecular complexity index is 623. The summed E-state index contributed by atoms with van der Waals surface area (Å²) in [5, 5.41) is 2.35. The minimum atomic E-state index is -0.371. The average Bonchev–Trinajstić information content (AvgIpc) is 2.64. The second kappa shape index (κ2) is 9.47. The Labute approximate surface area is 170 Å². The molecule has 6 heteroatoms. The van der Waals surface area contributed by atoms with Crippen molar-refractivity contribution in [3.05, 3.63) is 42.4 Å². The minimum Gasteiger partial charge on any atom is -0.504 e. The summed E-state index contributed by atoms with van der Waals surface area (Å²) in [6, 6.07) is 6.91. The summed E-state index contributed by atoms with van der Waals surface area (Å²) >= 11 is 0. The molecule has 1 aliphatic carbocycles. The first-order valence-corrected chi connectivity index (χ1v) is 8.91. The van der Waals surface area contributed by atoms with E-state index in [9.17, 15) is 9.59 Å². The third kappa shape index (κ3) is 5.78. The summed E-state index contributed by atoms with van der Waals surface area (Å²) in [6.07, 6.45) is 4.10. The quantitative estimate of drug-likeness (QED) is 0.762. The Morgan fingerprint density at radius 3 is 2.27 bits per heavy atom. The van der Waals surface area contributed by atoms with Gasteiger partial charge in [-0.2, -0.15) is 0 Å². The van der Waals surface area contributed by atoms with Gasteiger partial charge in [0.25, 0.3) is 0 Å². The van der Waals surface area contributed by atoms with Gasteiger partial charge in [-0.3, -0.25) is 11.8 Å². The summed E-state index contributed by atoms with van der Waals surface area (Å²) in [6.45, 7) is 7.25. The molecule has 2 rings (SSSR count). The van der Waals surface area contributed by atoms with E-state index >= 15 is 0 Å². The van der Waals surface area contributed by atoms with Crippen LogP contribution >= 0.6 is 0 Å². The molecule has 0 unspecified atom stereocenters. The van der Waals surface area contributed by atoms with E-state index in [4.69, 9.17) is 1.41 Å². The van der Waals surface area contributed by atoms with Crippen molar-refractivity contribution < 1.29 is 29.6 Å². The van der Waals surface area contributed by atoms with Crippen molar-refractivity contribution in [2.45, 2.75) is 59.0 Å². The van der Waals surface area contributed by atoms with E-state index in [1.54, 1.807) is 17.0 Å². The molecule has 0 aliphatic heterocycles. The summed E-state index contributed by atoms with van der Waals surface area (Å²) in [5.74, 6) is 0.429. The zero-order valence-corrected chi connectivity index (χ0v) is 17.3. The first kappa shape index (κ1) is 20.9. The van der Waals surface area contributed by atoms with Gasteiger partial charge in [0.1, 0.15) is 0 Å². The van der Waals surface area contributed by atoms with Crippen molar-refractivity contribution in [2.24, 2.45) is 17.1 Å². The Morgan fingerprint density at radius 1 is 1.23 bits per heavy atom. The molecule has 3 amide bonds. The van der Waals surface area contributed by atoms with Crippen LogP contribution in [0.2, 0.25) is 1.41 Å². The Hall–Kier alpha value is -1.46. The number of carbonyl (C=O) groups is 2. The molecular formula is C20H30N3O2V-. The van der Waals surface area contributed by atoms with Gasteiger partial charge in [-0.1, -0.05) is 32.9 Å². The smallest absolute Gasteiger partial charge is 0.315 e. The van der Waals surface area contributed by atoms with Gasteiger partial charge in [0.05, 0.1) is 0 Å². The van der Waals surface area contributed by atoms with Crippen LogP contribution in [0, 0.1) is 18.4 Å². The van der Waals surface area contributed by atoms with Crippen LogP contribution in [0.25, 0.3) is 0 Å². The topological polar surface area (TPSA) is 75.4 Å². The van der Waals surface area contributed by atoms with Crippen LogP contribution in [-0.4, -0.2) is 22.9 Å². The molecule has 1 saturated carbocycles. The van der Waals surface area contributed by atoms with E-state index in [2.05, 4.69) is 33.1 Å². The molecule has 26 heavy (non-hydrogen) atoms. The molecular weight excluding hydrogens is 365 g/mol. The Balaban J connectivity index is 0.00000364. The van der Waals surface area contributed by atoms with Crippen LogP contribution in [0.15, 0.2) is 24.3 Å². The zero-order valence-electron chi connectivity index (χ0n) is 16.9. The predicted octanol–water partition coefficient (Wildman–Crippen LogP) is 3.69. The maximum absolute atomic E-state index is 12.3. The number of urea groups is 1. The van der Waals surface area contributed by atoms with Crippen LogP contribution < -0.4 is 11.0 Å². The first-order chi connectivity index (χ1) is 12.3. The number of benzene rings is 1. The van der Waals surface area contributed by atoms with Gasteiger partial charge in [0.2, 0.25) is 5.91 Å². The molecule has 0 spiro atoms. The fourth-order valence-electron chi connectivity index (χ4n) is 3.68. The maximum Gasteiger partial charge on any atom is 0.315 e. The fraction of sp³-hybridized carbons (Fsp3) is 0.550. The van der Waals surface area contributed by atoms with Gasteiger partial charge in [-0.05, 0) is 54.7 Å². The van der Waals surface area contributed by atoms with E-state index in [0.29, 0.717) is 18.0 Å². The minimum absolute atomic E-state index is 0. The molecule has 1 aromatic carbocycles. The number of nitrogens with zero attached hydrogens (tertiary/aromatic N) is 1. The van der Waals surface area contributed by atoms with E-state index in [1.165, 1.54) is 0 Å². The van der Waals surface area contributed by atoms with Gasteiger partial charge in [-0.15, -0.1) is 0 Å². The molecule has 1 aliphatic rings. The number of amides is 3. The number of rotatable bonds is 4. The van der Waals surface area contributed by atoms with E-state index in [-0.39, 0.29) is 42.0 Å². The normalized spacial score (nSPS) is 20.4. The van der Waals surface area contributed by atoms with Crippen LogP contribution in [0.4, 0.5) is 4.79 Å². The number of hydrogen-bond donors (Lipinski definition) is 2. The van der Waals surface area contributed by atoms with Gasteiger partial charge in [-0.25, -0.2) is 4.79 Å². The Morgan fingerprint density at radius 2 is 1.81 bits per heavy atom. The van der Waals surface area contributed by atoms with Crippen LogP contribution in [0.1, 0.15) is 62.4 Å². The summed E-state index contributed by atoms with van der Waals surface area (Å²) < 4.78 is 7.28. The van der Waals surface area contributed by atoms with Gasteiger partial charge in [0, 0.05) is 36.7 Å². The molecule has 0 atom stereocenters. The second-order valence-electron chi connectivity index (χ2n) is 8.01.